The summed E-state index contributed by atoms with van der Waals surface area (Å²) in [5.41, 5.74) is 8.92. The lowest BCUT2D eigenvalue weighted by atomic mass is 10.1. The molecule has 8 heteroatoms. The van der Waals surface area contributed by atoms with Crippen molar-refractivity contribution in [2.75, 3.05) is 0 Å². The molecule has 31 heavy (non-hydrogen) atoms. The molecule has 4 rings (SSSR count). The van der Waals surface area contributed by atoms with Crippen LogP contribution in [0.5, 0.6) is 0 Å². The number of carbonyl (C=O) groups excluding carboxylic acids is 1. The van der Waals surface area contributed by atoms with Gasteiger partial charge in [0, 0.05) is 52.2 Å². The molecular weight excluding hydrogens is 412 g/mol. The average Bonchev–Trinajstić information content (AvgIpc) is 3.38. The predicted molar refractivity (Wildman–Crippen MR) is 120 cm³/mol. The smallest absolute Gasteiger partial charge is 0.251 e. The number of carbonyl (C=O) groups is 1. The van der Waals surface area contributed by atoms with Crippen molar-refractivity contribution in [2.45, 2.75) is 49.8 Å². The Morgan fingerprint density at radius 2 is 2.06 bits per heavy atom. The third-order valence-corrected chi connectivity index (χ3v) is 7.27. The van der Waals surface area contributed by atoms with E-state index >= 15 is 0 Å². The van der Waals surface area contributed by atoms with E-state index in [4.69, 9.17) is 10.2 Å². The van der Waals surface area contributed by atoms with Crippen LogP contribution in [0.25, 0.3) is 11.5 Å². The zero-order chi connectivity index (χ0) is 21.8. The maximum absolute atomic E-state index is 12.7. The largest absolute Gasteiger partial charge is 0.441 e. The SMILES string of the molecule is Cc1oc(-c2ccc(C(=O)NCc3cccnc3)cc2)nc1CS(=O)[C@H]1CC[C@H](N)C1. The van der Waals surface area contributed by atoms with Crippen molar-refractivity contribution in [3.63, 3.8) is 0 Å². The maximum atomic E-state index is 12.7. The van der Waals surface area contributed by atoms with Crippen LogP contribution in [0, 0.1) is 6.92 Å². The first-order valence-corrected chi connectivity index (χ1v) is 11.7. The van der Waals surface area contributed by atoms with Gasteiger partial charge in [-0.25, -0.2) is 4.98 Å². The van der Waals surface area contributed by atoms with Gasteiger partial charge >= 0.3 is 0 Å². The van der Waals surface area contributed by atoms with E-state index in [1.165, 1.54) is 0 Å². The number of nitrogens with two attached hydrogens (primary N) is 1. The average molecular weight is 439 g/mol. The number of benzene rings is 1. The second kappa shape index (κ2) is 9.53. The molecule has 1 amide bonds. The van der Waals surface area contributed by atoms with Crippen LogP contribution in [0.1, 0.15) is 46.6 Å². The summed E-state index contributed by atoms with van der Waals surface area (Å²) in [5.74, 6) is 1.35. The lowest BCUT2D eigenvalue weighted by molar-refractivity contribution is 0.0951. The number of hydrogen-bond acceptors (Lipinski definition) is 6. The van der Waals surface area contributed by atoms with Crippen LogP contribution < -0.4 is 11.1 Å². The van der Waals surface area contributed by atoms with E-state index in [1.807, 2.05) is 19.1 Å². The highest BCUT2D eigenvalue weighted by Crippen LogP contribution is 2.27. The molecule has 0 aliphatic heterocycles. The van der Waals surface area contributed by atoms with Crippen molar-refractivity contribution in [1.29, 1.82) is 0 Å². The molecular formula is C23H26N4O3S. The summed E-state index contributed by atoms with van der Waals surface area (Å²) in [4.78, 5) is 21.0. The Balaban J connectivity index is 1.39. The number of nitrogens with one attached hydrogen (secondary N) is 1. The molecule has 1 fully saturated rings. The van der Waals surface area contributed by atoms with Crippen molar-refractivity contribution >= 4 is 16.7 Å². The standard InChI is InChI=1S/C23H26N4O3S/c1-15-21(14-31(29)20-9-8-19(24)11-20)27-23(30-15)18-6-4-17(5-7-18)22(28)26-13-16-3-2-10-25-12-16/h2-7,10,12,19-20H,8-9,11,13-14,24H2,1H3,(H,26,28)/t19-,20-,31?/m0/s1. The van der Waals surface area contributed by atoms with Gasteiger partial charge in [-0.05, 0) is 62.1 Å². The minimum Gasteiger partial charge on any atom is -0.441 e. The number of amides is 1. The quantitative estimate of drug-likeness (QED) is 0.586. The molecule has 0 radical (unpaired) electrons. The zero-order valence-electron chi connectivity index (χ0n) is 17.4. The van der Waals surface area contributed by atoms with Gasteiger partial charge in [-0.2, -0.15) is 0 Å². The summed E-state index contributed by atoms with van der Waals surface area (Å²) < 4.78 is 18.5. The van der Waals surface area contributed by atoms with Gasteiger partial charge < -0.3 is 15.5 Å². The van der Waals surface area contributed by atoms with Gasteiger partial charge in [-0.3, -0.25) is 14.0 Å². The van der Waals surface area contributed by atoms with Gasteiger partial charge in [0.15, 0.2) is 0 Å². The molecule has 3 atom stereocenters. The molecule has 1 aliphatic carbocycles. The minimum absolute atomic E-state index is 0.138. The molecule has 2 heterocycles. The van der Waals surface area contributed by atoms with E-state index in [-0.39, 0.29) is 17.2 Å². The minimum atomic E-state index is -1.01. The van der Waals surface area contributed by atoms with E-state index in [0.29, 0.717) is 35.2 Å². The molecule has 1 saturated carbocycles. The predicted octanol–water partition coefficient (Wildman–Crippen LogP) is 3.10. The second-order valence-electron chi connectivity index (χ2n) is 7.86. The van der Waals surface area contributed by atoms with E-state index in [9.17, 15) is 9.00 Å². The summed E-state index contributed by atoms with van der Waals surface area (Å²) in [6.45, 7) is 2.25. The van der Waals surface area contributed by atoms with Crippen molar-refractivity contribution in [3.8, 4) is 11.5 Å². The van der Waals surface area contributed by atoms with Crippen LogP contribution >= 0.6 is 0 Å². The molecule has 2 aromatic heterocycles. The Morgan fingerprint density at radius 3 is 2.74 bits per heavy atom. The van der Waals surface area contributed by atoms with Crippen LogP contribution in [0.2, 0.25) is 0 Å². The Kier molecular flexibility index (Phi) is 6.58. The maximum Gasteiger partial charge on any atom is 0.251 e. The molecule has 1 aliphatic rings. The summed E-state index contributed by atoms with van der Waals surface area (Å²) >= 11 is 0. The first kappa shape index (κ1) is 21.4. The van der Waals surface area contributed by atoms with Gasteiger partial charge in [0.25, 0.3) is 5.91 Å². The van der Waals surface area contributed by atoms with Gasteiger partial charge in [0.1, 0.15) is 5.76 Å². The molecule has 3 N–H and O–H groups in total. The summed E-state index contributed by atoms with van der Waals surface area (Å²) in [6, 6.07) is 11.0. The fourth-order valence-electron chi connectivity index (χ4n) is 3.70. The molecule has 0 saturated heterocycles. The summed E-state index contributed by atoms with van der Waals surface area (Å²) in [7, 11) is -1.01. The first-order chi connectivity index (χ1) is 15.0. The Labute approximate surface area is 183 Å². The third-order valence-electron chi connectivity index (χ3n) is 5.54. The van der Waals surface area contributed by atoms with Crippen LogP contribution in [0.3, 0.4) is 0 Å². The first-order valence-electron chi connectivity index (χ1n) is 10.4. The van der Waals surface area contributed by atoms with Crippen molar-refractivity contribution in [3.05, 3.63) is 71.4 Å². The van der Waals surface area contributed by atoms with E-state index in [1.54, 1.807) is 36.7 Å². The van der Waals surface area contributed by atoms with E-state index in [0.717, 1.165) is 30.4 Å². The normalized spacial score (nSPS) is 19.3. The second-order valence-corrected chi connectivity index (χ2v) is 9.58. The van der Waals surface area contributed by atoms with Crippen LogP contribution in [-0.2, 0) is 23.1 Å². The third kappa shape index (κ3) is 5.26. The van der Waals surface area contributed by atoms with Crippen molar-refractivity contribution in [2.24, 2.45) is 5.73 Å². The van der Waals surface area contributed by atoms with Gasteiger partial charge in [0.05, 0.1) is 11.4 Å². The highest BCUT2D eigenvalue weighted by molar-refractivity contribution is 7.84. The molecule has 1 unspecified atom stereocenters. The number of nitrogens with zero attached hydrogens (tertiary/aromatic N) is 2. The Bertz CT molecular complexity index is 1070. The number of oxazole rings is 1. The van der Waals surface area contributed by atoms with Crippen LogP contribution in [0.15, 0.2) is 53.2 Å². The fourth-order valence-corrected chi connectivity index (χ4v) is 5.34. The molecule has 162 valence electrons. The van der Waals surface area contributed by atoms with Gasteiger partial charge in [0.2, 0.25) is 5.89 Å². The summed E-state index contributed by atoms with van der Waals surface area (Å²) in [6.07, 6.45) is 6.06. The van der Waals surface area contributed by atoms with Gasteiger partial charge in [-0.1, -0.05) is 6.07 Å². The topological polar surface area (TPSA) is 111 Å². The molecule has 0 spiro atoms. The molecule has 0 bridgehead atoms. The van der Waals surface area contributed by atoms with Crippen molar-refractivity contribution < 1.29 is 13.4 Å². The number of rotatable bonds is 7. The monoisotopic (exact) mass is 438 g/mol. The highest BCUT2D eigenvalue weighted by Gasteiger charge is 2.28. The molecule has 3 aromatic rings. The molecule has 1 aromatic carbocycles. The molecule has 7 nitrogen and oxygen atoms in total. The lowest BCUT2D eigenvalue weighted by Gasteiger charge is -2.08. The number of aromatic nitrogens is 2. The highest BCUT2D eigenvalue weighted by atomic mass is 32.2. The zero-order valence-corrected chi connectivity index (χ0v) is 18.2. The fraction of sp³-hybridized carbons (Fsp3) is 0.348. The summed E-state index contributed by atoms with van der Waals surface area (Å²) in [5, 5.41) is 3.02. The Hall–Kier alpha value is -2.84. The lowest BCUT2D eigenvalue weighted by Crippen LogP contribution is -2.22. The van der Waals surface area contributed by atoms with Gasteiger partial charge in [-0.15, -0.1) is 0 Å². The number of pyridine rings is 1. The Morgan fingerprint density at radius 1 is 1.26 bits per heavy atom. The van der Waals surface area contributed by atoms with Crippen LogP contribution in [0.4, 0.5) is 0 Å². The van der Waals surface area contributed by atoms with E-state index < -0.39 is 10.8 Å². The van der Waals surface area contributed by atoms with Crippen molar-refractivity contribution in [1.82, 2.24) is 15.3 Å². The van der Waals surface area contributed by atoms with E-state index in [2.05, 4.69) is 15.3 Å². The van der Waals surface area contributed by atoms with Crippen LogP contribution in [-0.4, -0.2) is 31.4 Å². The number of aryl methyl sites for hydroxylation is 1. The number of hydrogen-bond donors (Lipinski definition) is 2.